The minimum atomic E-state index is 0.814. The van der Waals surface area contributed by atoms with Crippen molar-refractivity contribution in [2.24, 2.45) is 0 Å². The van der Waals surface area contributed by atoms with E-state index in [4.69, 9.17) is 0 Å². The molecule has 12 heavy (non-hydrogen) atoms. The first-order chi connectivity index (χ1) is 5.86. The molecule has 4 heteroatoms. The molecule has 0 saturated heterocycles. The minimum absolute atomic E-state index is 0.814. The van der Waals surface area contributed by atoms with Gasteiger partial charge in [-0.25, -0.2) is 9.67 Å². The summed E-state index contributed by atoms with van der Waals surface area (Å²) in [5.74, 6) is 0.814. The van der Waals surface area contributed by atoms with Crippen LogP contribution in [0.5, 0.6) is 0 Å². The number of rotatable bonds is 1. The normalized spacial score (nSPS) is 10.1. The molecule has 0 N–H and O–H groups in total. The molecule has 2 heterocycles. The van der Waals surface area contributed by atoms with E-state index in [1.807, 2.05) is 24.4 Å². The van der Waals surface area contributed by atoms with Crippen molar-refractivity contribution in [3.63, 3.8) is 0 Å². The van der Waals surface area contributed by atoms with Gasteiger partial charge >= 0.3 is 0 Å². The Bertz CT molecular complexity index is 370. The highest BCUT2D eigenvalue weighted by atomic mass is 79.9. The largest absolute Gasteiger partial charge is 0.237 e. The van der Waals surface area contributed by atoms with Crippen LogP contribution in [0.4, 0.5) is 0 Å². The lowest BCUT2D eigenvalue weighted by atomic mass is 10.5. The third-order valence-corrected chi connectivity index (χ3v) is 1.94. The molecule has 60 valence electrons. The first kappa shape index (κ1) is 7.49. The van der Waals surface area contributed by atoms with Crippen LogP contribution in [0.1, 0.15) is 0 Å². The number of halogens is 1. The Morgan fingerprint density at radius 1 is 1.33 bits per heavy atom. The highest BCUT2D eigenvalue weighted by molar-refractivity contribution is 9.10. The topological polar surface area (TPSA) is 30.7 Å². The van der Waals surface area contributed by atoms with Crippen LogP contribution in [0.2, 0.25) is 0 Å². The van der Waals surface area contributed by atoms with E-state index in [0.717, 1.165) is 10.3 Å². The molecule has 0 aliphatic carbocycles. The van der Waals surface area contributed by atoms with Gasteiger partial charge in [0.1, 0.15) is 0 Å². The van der Waals surface area contributed by atoms with Crippen LogP contribution in [0.3, 0.4) is 0 Å². The third-order valence-electron chi connectivity index (χ3n) is 1.45. The summed E-state index contributed by atoms with van der Waals surface area (Å²) in [7, 11) is 0. The Morgan fingerprint density at radius 2 is 2.25 bits per heavy atom. The summed E-state index contributed by atoms with van der Waals surface area (Å²) >= 11 is 3.37. The predicted molar refractivity (Wildman–Crippen MR) is 49.1 cm³/mol. The van der Waals surface area contributed by atoms with Crippen molar-refractivity contribution in [3.05, 3.63) is 41.3 Å². The van der Waals surface area contributed by atoms with Gasteiger partial charge in [-0.1, -0.05) is 15.9 Å². The van der Waals surface area contributed by atoms with E-state index < -0.39 is 0 Å². The van der Waals surface area contributed by atoms with Gasteiger partial charge in [-0.2, -0.15) is 5.10 Å². The molecule has 0 amide bonds. The van der Waals surface area contributed by atoms with Crippen molar-refractivity contribution in [1.82, 2.24) is 14.8 Å². The highest BCUT2D eigenvalue weighted by Gasteiger charge is 1.96. The molecule has 0 saturated carbocycles. The average Bonchev–Trinajstić information content (AvgIpc) is 2.56. The van der Waals surface area contributed by atoms with Gasteiger partial charge < -0.3 is 0 Å². The summed E-state index contributed by atoms with van der Waals surface area (Å²) in [6.07, 6.45) is 5.32. The predicted octanol–water partition coefficient (Wildman–Crippen LogP) is 2.03. The molecule has 0 atom stereocenters. The Balaban J connectivity index is 2.48. The summed E-state index contributed by atoms with van der Waals surface area (Å²) in [6.45, 7) is 0. The Hall–Kier alpha value is -1.16. The Labute approximate surface area is 78.2 Å². The van der Waals surface area contributed by atoms with Crippen LogP contribution in [-0.4, -0.2) is 14.8 Å². The summed E-state index contributed by atoms with van der Waals surface area (Å²) in [5.41, 5.74) is 0. The van der Waals surface area contributed by atoms with E-state index >= 15 is 0 Å². The highest BCUT2D eigenvalue weighted by Crippen LogP contribution is 2.11. The molecule has 0 aliphatic heterocycles. The molecule has 2 aromatic heterocycles. The lowest BCUT2D eigenvalue weighted by molar-refractivity contribution is 0.846. The third kappa shape index (κ3) is 1.38. The fourth-order valence-electron chi connectivity index (χ4n) is 0.923. The smallest absolute Gasteiger partial charge is 0.154 e. The maximum atomic E-state index is 4.15. The Morgan fingerprint density at radius 3 is 2.92 bits per heavy atom. The van der Waals surface area contributed by atoms with E-state index in [2.05, 4.69) is 26.0 Å². The number of hydrogen-bond acceptors (Lipinski definition) is 2. The number of aromatic nitrogens is 3. The van der Waals surface area contributed by atoms with Crippen molar-refractivity contribution < 1.29 is 0 Å². The van der Waals surface area contributed by atoms with E-state index in [-0.39, 0.29) is 0 Å². The van der Waals surface area contributed by atoms with Crippen LogP contribution in [0.15, 0.2) is 41.3 Å². The molecule has 2 rings (SSSR count). The second-order valence-corrected chi connectivity index (χ2v) is 3.20. The second kappa shape index (κ2) is 3.06. The van der Waals surface area contributed by atoms with Gasteiger partial charge in [-0.05, 0) is 18.2 Å². The van der Waals surface area contributed by atoms with E-state index in [1.54, 1.807) is 17.1 Å². The Kier molecular flexibility index (Phi) is 1.91. The van der Waals surface area contributed by atoms with Crippen LogP contribution >= 0.6 is 15.9 Å². The van der Waals surface area contributed by atoms with Gasteiger partial charge in [0.05, 0.1) is 0 Å². The molecular weight excluding hydrogens is 218 g/mol. The number of nitrogens with zero attached hydrogens (tertiary/aromatic N) is 3. The van der Waals surface area contributed by atoms with Crippen LogP contribution in [-0.2, 0) is 0 Å². The summed E-state index contributed by atoms with van der Waals surface area (Å²) in [4.78, 5) is 4.15. The maximum absolute atomic E-state index is 4.15. The van der Waals surface area contributed by atoms with Crippen LogP contribution < -0.4 is 0 Å². The molecule has 0 aliphatic rings. The molecule has 0 bridgehead atoms. The zero-order chi connectivity index (χ0) is 8.39. The van der Waals surface area contributed by atoms with Gasteiger partial charge in [0, 0.05) is 23.1 Å². The molecule has 0 aromatic carbocycles. The maximum Gasteiger partial charge on any atom is 0.154 e. The first-order valence-corrected chi connectivity index (χ1v) is 4.27. The van der Waals surface area contributed by atoms with Gasteiger partial charge in [-0.3, -0.25) is 0 Å². The number of pyridine rings is 1. The van der Waals surface area contributed by atoms with E-state index in [9.17, 15) is 0 Å². The summed E-state index contributed by atoms with van der Waals surface area (Å²) < 4.78 is 2.72. The number of hydrogen-bond donors (Lipinski definition) is 0. The van der Waals surface area contributed by atoms with Gasteiger partial charge in [0.15, 0.2) is 5.82 Å². The summed E-state index contributed by atoms with van der Waals surface area (Å²) in [5, 5.41) is 4.06. The molecule has 0 fully saturated rings. The minimum Gasteiger partial charge on any atom is -0.237 e. The van der Waals surface area contributed by atoms with Crippen molar-refractivity contribution >= 4 is 15.9 Å². The monoisotopic (exact) mass is 223 g/mol. The lowest BCUT2D eigenvalue weighted by Gasteiger charge is -1.98. The zero-order valence-corrected chi connectivity index (χ0v) is 7.77. The molecule has 0 radical (unpaired) electrons. The van der Waals surface area contributed by atoms with Crippen LogP contribution in [0.25, 0.3) is 5.82 Å². The van der Waals surface area contributed by atoms with Gasteiger partial charge in [-0.15, -0.1) is 0 Å². The SMILES string of the molecule is Brc1ccnc(-n2cccn2)c1. The summed E-state index contributed by atoms with van der Waals surface area (Å²) in [6, 6.07) is 5.66. The average molecular weight is 224 g/mol. The quantitative estimate of drug-likeness (QED) is 0.741. The van der Waals surface area contributed by atoms with E-state index in [0.29, 0.717) is 0 Å². The fraction of sp³-hybridized carbons (Fsp3) is 0. The fourth-order valence-corrected chi connectivity index (χ4v) is 1.25. The molecule has 3 nitrogen and oxygen atoms in total. The van der Waals surface area contributed by atoms with E-state index in [1.165, 1.54) is 0 Å². The van der Waals surface area contributed by atoms with Crippen molar-refractivity contribution in [1.29, 1.82) is 0 Å². The lowest BCUT2D eigenvalue weighted by Crippen LogP contribution is -1.96. The standard InChI is InChI=1S/C8H6BrN3/c9-7-2-4-10-8(6-7)12-5-1-3-11-12/h1-6H. The van der Waals surface area contributed by atoms with Crippen LogP contribution in [0, 0.1) is 0 Å². The van der Waals surface area contributed by atoms with Gasteiger partial charge in [0.2, 0.25) is 0 Å². The molecule has 0 unspecified atom stereocenters. The van der Waals surface area contributed by atoms with Gasteiger partial charge in [0.25, 0.3) is 0 Å². The molecule has 0 spiro atoms. The molecule has 2 aromatic rings. The van der Waals surface area contributed by atoms with Crippen molar-refractivity contribution in [2.75, 3.05) is 0 Å². The first-order valence-electron chi connectivity index (χ1n) is 3.48. The molecular formula is C8H6BrN3. The van der Waals surface area contributed by atoms with Crippen molar-refractivity contribution in [2.45, 2.75) is 0 Å². The van der Waals surface area contributed by atoms with Crippen molar-refractivity contribution in [3.8, 4) is 5.82 Å². The second-order valence-electron chi connectivity index (χ2n) is 2.28. The zero-order valence-electron chi connectivity index (χ0n) is 6.18.